The monoisotopic (exact) mass is 450 g/mol. The maximum atomic E-state index is 13.4. The summed E-state index contributed by atoms with van der Waals surface area (Å²) in [7, 11) is 0. The molecule has 11 heteroatoms. The number of carbonyl (C=O) groups is 1. The minimum Gasteiger partial charge on any atom is -0.312 e. The van der Waals surface area contributed by atoms with E-state index in [9.17, 15) is 31.5 Å². The molecule has 0 aliphatic heterocycles. The molecule has 1 aromatic heterocycles. The maximum absolute atomic E-state index is 13.4. The lowest BCUT2D eigenvalue weighted by Gasteiger charge is -2.12. The molecule has 6 nitrogen and oxygen atoms in total. The van der Waals surface area contributed by atoms with Gasteiger partial charge in [-0.3, -0.25) is 14.9 Å². The predicted molar refractivity (Wildman–Crippen MR) is 107 cm³/mol. The SMILES string of the molecule is O=C(NC(=NCc1cccc(C(F)(F)F)c1)Nc1cccc(=O)[nH]1)c1ccc(F)c(F)c1. The minimum absolute atomic E-state index is 0.130. The van der Waals surface area contributed by atoms with E-state index in [-0.39, 0.29) is 29.4 Å². The molecule has 1 amide bonds. The van der Waals surface area contributed by atoms with Crippen LogP contribution in [0, 0.1) is 11.6 Å². The topological polar surface area (TPSA) is 86.3 Å². The predicted octanol–water partition coefficient (Wildman–Crippen LogP) is 4.07. The van der Waals surface area contributed by atoms with Gasteiger partial charge >= 0.3 is 6.18 Å². The average molecular weight is 450 g/mol. The van der Waals surface area contributed by atoms with Crippen molar-refractivity contribution in [3.8, 4) is 0 Å². The molecule has 0 aliphatic rings. The van der Waals surface area contributed by atoms with E-state index in [4.69, 9.17) is 0 Å². The van der Waals surface area contributed by atoms with Gasteiger partial charge in [-0.1, -0.05) is 18.2 Å². The zero-order valence-electron chi connectivity index (χ0n) is 16.1. The van der Waals surface area contributed by atoms with Crippen molar-refractivity contribution >= 4 is 17.7 Å². The maximum Gasteiger partial charge on any atom is 0.416 e. The Balaban J connectivity index is 1.87. The summed E-state index contributed by atoms with van der Waals surface area (Å²) in [4.78, 5) is 30.4. The summed E-state index contributed by atoms with van der Waals surface area (Å²) in [6.07, 6.45) is -4.54. The third-order valence-corrected chi connectivity index (χ3v) is 4.11. The first-order valence-corrected chi connectivity index (χ1v) is 9.05. The Morgan fingerprint density at radius 2 is 1.72 bits per heavy atom. The van der Waals surface area contributed by atoms with E-state index in [1.165, 1.54) is 30.3 Å². The van der Waals surface area contributed by atoms with Gasteiger partial charge in [-0.15, -0.1) is 0 Å². The standard InChI is InChI=1S/C21H15F5N4O2/c22-15-8-7-13(10-16(15)23)19(32)30-20(29-17-5-2-6-18(31)28-17)27-11-12-3-1-4-14(9-12)21(24,25)26/h1-10H,11H2,(H3,27,28,29,30,31,32). The van der Waals surface area contributed by atoms with Crippen molar-refractivity contribution in [1.82, 2.24) is 10.3 Å². The average Bonchev–Trinajstić information content (AvgIpc) is 2.73. The van der Waals surface area contributed by atoms with E-state index in [1.54, 1.807) is 0 Å². The lowest BCUT2D eigenvalue weighted by atomic mass is 10.1. The highest BCUT2D eigenvalue weighted by molar-refractivity contribution is 6.09. The molecule has 3 N–H and O–H groups in total. The molecule has 32 heavy (non-hydrogen) atoms. The molecule has 0 fully saturated rings. The fraction of sp³-hybridized carbons (Fsp3) is 0.0952. The van der Waals surface area contributed by atoms with Crippen LogP contribution in [-0.4, -0.2) is 16.9 Å². The fourth-order valence-corrected chi connectivity index (χ4v) is 2.59. The number of nitrogens with zero attached hydrogens (tertiary/aromatic N) is 1. The van der Waals surface area contributed by atoms with Crippen LogP contribution >= 0.6 is 0 Å². The van der Waals surface area contributed by atoms with E-state index < -0.39 is 34.8 Å². The van der Waals surface area contributed by atoms with Crippen LogP contribution in [0.3, 0.4) is 0 Å². The van der Waals surface area contributed by atoms with Crippen LogP contribution in [0.4, 0.5) is 27.8 Å². The number of alkyl halides is 3. The van der Waals surface area contributed by atoms with Crippen molar-refractivity contribution < 1.29 is 26.7 Å². The molecule has 0 atom stereocenters. The number of hydrogen-bond donors (Lipinski definition) is 3. The normalized spacial score (nSPS) is 11.8. The van der Waals surface area contributed by atoms with Gasteiger partial charge in [0.05, 0.1) is 12.1 Å². The van der Waals surface area contributed by atoms with Gasteiger partial charge in [0.1, 0.15) is 5.82 Å². The zero-order valence-corrected chi connectivity index (χ0v) is 16.1. The van der Waals surface area contributed by atoms with Gasteiger partial charge < -0.3 is 10.3 Å². The molecule has 0 aliphatic carbocycles. The summed E-state index contributed by atoms with van der Waals surface area (Å²) < 4.78 is 65.3. The lowest BCUT2D eigenvalue weighted by molar-refractivity contribution is -0.137. The number of nitrogens with one attached hydrogen (secondary N) is 3. The Hall–Kier alpha value is -4.02. The number of rotatable bonds is 4. The Morgan fingerprint density at radius 3 is 2.41 bits per heavy atom. The molecule has 0 saturated carbocycles. The molecule has 3 aromatic rings. The first-order chi connectivity index (χ1) is 15.1. The second kappa shape index (κ2) is 9.41. The number of aromatic nitrogens is 1. The molecule has 0 radical (unpaired) electrons. The van der Waals surface area contributed by atoms with Gasteiger partial charge in [-0.25, -0.2) is 13.8 Å². The second-order valence-electron chi connectivity index (χ2n) is 6.50. The number of halogens is 5. The van der Waals surface area contributed by atoms with Crippen molar-refractivity contribution in [3.63, 3.8) is 0 Å². The van der Waals surface area contributed by atoms with Crippen LogP contribution in [0.1, 0.15) is 21.5 Å². The number of hydrogen-bond acceptors (Lipinski definition) is 3. The molecule has 166 valence electrons. The van der Waals surface area contributed by atoms with Gasteiger partial charge in [-0.2, -0.15) is 13.2 Å². The van der Waals surface area contributed by atoms with Crippen LogP contribution in [-0.2, 0) is 12.7 Å². The first-order valence-electron chi connectivity index (χ1n) is 9.05. The summed E-state index contributed by atoms with van der Waals surface area (Å²) in [5.74, 6) is -3.34. The highest BCUT2D eigenvalue weighted by atomic mass is 19.4. The number of anilines is 1. The number of pyridine rings is 1. The van der Waals surface area contributed by atoms with Gasteiger partial charge in [-0.05, 0) is 42.0 Å². The summed E-state index contributed by atoms with van der Waals surface area (Å²) in [6.45, 7) is -0.263. The Kier molecular flexibility index (Phi) is 6.67. The number of aliphatic imine (C=N–C) groups is 1. The largest absolute Gasteiger partial charge is 0.416 e. The summed E-state index contributed by atoms with van der Waals surface area (Å²) in [6, 6.07) is 11.0. The number of benzene rings is 2. The fourth-order valence-electron chi connectivity index (χ4n) is 2.59. The van der Waals surface area contributed by atoms with Gasteiger partial charge in [0.15, 0.2) is 11.6 Å². The van der Waals surface area contributed by atoms with E-state index in [2.05, 4.69) is 20.6 Å². The summed E-state index contributed by atoms with van der Waals surface area (Å²) in [5, 5.41) is 4.96. The summed E-state index contributed by atoms with van der Waals surface area (Å²) >= 11 is 0. The van der Waals surface area contributed by atoms with Crippen LogP contribution < -0.4 is 16.2 Å². The van der Waals surface area contributed by atoms with Gasteiger partial charge in [0.25, 0.3) is 5.91 Å². The van der Waals surface area contributed by atoms with Crippen molar-refractivity contribution in [2.45, 2.75) is 12.7 Å². The zero-order chi connectivity index (χ0) is 23.3. The number of amides is 1. The van der Waals surface area contributed by atoms with Crippen LogP contribution in [0.25, 0.3) is 0 Å². The molecule has 0 saturated heterocycles. The molecule has 0 bridgehead atoms. The third kappa shape index (κ3) is 6.00. The molecule has 0 unspecified atom stereocenters. The van der Waals surface area contributed by atoms with Crippen molar-refractivity contribution in [1.29, 1.82) is 0 Å². The Morgan fingerprint density at radius 1 is 0.969 bits per heavy atom. The van der Waals surface area contributed by atoms with E-state index in [1.807, 2.05) is 0 Å². The summed E-state index contributed by atoms with van der Waals surface area (Å²) in [5.41, 5.74) is -1.35. The Labute approximate surface area is 177 Å². The number of guanidine groups is 1. The number of aromatic amines is 1. The first kappa shape index (κ1) is 22.7. The van der Waals surface area contributed by atoms with Gasteiger partial charge in [0.2, 0.25) is 11.5 Å². The number of carbonyl (C=O) groups excluding carboxylic acids is 1. The van der Waals surface area contributed by atoms with Crippen molar-refractivity contribution in [2.24, 2.45) is 4.99 Å². The Bertz CT molecular complexity index is 1220. The molecular weight excluding hydrogens is 435 g/mol. The van der Waals surface area contributed by atoms with Crippen LogP contribution in [0.2, 0.25) is 0 Å². The van der Waals surface area contributed by atoms with Crippen molar-refractivity contribution in [3.05, 3.63) is 99.3 Å². The smallest absolute Gasteiger partial charge is 0.312 e. The molecule has 2 aromatic carbocycles. The van der Waals surface area contributed by atoms with Gasteiger partial charge in [0, 0.05) is 11.6 Å². The molecule has 0 spiro atoms. The minimum atomic E-state index is -4.54. The quantitative estimate of drug-likeness (QED) is 0.318. The van der Waals surface area contributed by atoms with E-state index in [0.717, 1.165) is 24.3 Å². The highest BCUT2D eigenvalue weighted by Gasteiger charge is 2.30. The van der Waals surface area contributed by atoms with E-state index >= 15 is 0 Å². The van der Waals surface area contributed by atoms with Crippen molar-refractivity contribution in [2.75, 3.05) is 5.32 Å². The second-order valence-corrected chi connectivity index (χ2v) is 6.50. The van der Waals surface area contributed by atoms with Crippen LogP contribution in [0.15, 0.2) is 70.5 Å². The van der Waals surface area contributed by atoms with E-state index in [0.29, 0.717) is 6.07 Å². The third-order valence-electron chi connectivity index (χ3n) is 4.11. The molecule has 3 rings (SSSR count). The van der Waals surface area contributed by atoms with Crippen LogP contribution in [0.5, 0.6) is 0 Å². The lowest BCUT2D eigenvalue weighted by Crippen LogP contribution is -2.36. The number of H-pyrrole nitrogens is 1. The molecule has 1 heterocycles. The highest BCUT2D eigenvalue weighted by Crippen LogP contribution is 2.29. The molecular formula is C21H15F5N4O2.